The van der Waals surface area contributed by atoms with Crippen LogP contribution in [0.4, 0.5) is 0 Å². The van der Waals surface area contributed by atoms with Crippen molar-refractivity contribution >= 4 is 5.96 Å². The maximum Gasteiger partial charge on any atom is 0.191 e. The molecule has 0 aliphatic rings. The average molecular weight is 316 g/mol. The van der Waals surface area contributed by atoms with Crippen LogP contribution in [0.5, 0.6) is 5.75 Å². The highest BCUT2D eigenvalue weighted by atomic mass is 16.5. The quantitative estimate of drug-likeness (QED) is 0.620. The molecule has 0 fully saturated rings. The smallest absolute Gasteiger partial charge is 0.191 e. The van der Waals surface area contributed by atoms with E-state index >= 15 is 0 Å². The van der Waals surface area contributed by atoms with Gasteiger partial charge >= 0.3 is 0 Å². The van der Waals surface area contributed by atoms with Crippen LogP contribution < -0.4 is 15.4 Å². The maximum atomic E-state index is 5.89. The van der Waals surface area contributed by atoms with E-state index < -0.39 is 0 Å². The Morgan fingerprint density at radius 3 is 2.87 bits per heavy atom. The SMILES string of the molecule is CN=C(NCc1nncn1C)NCC(C)Oc1cccc(C)c1. The number of nitrogens with one attached hydrogen (secondary N) is 2. The van der Waals surface area contributed by atoms with Crippen LogP contribution >= 0.6 is 0 Å². The predicted octanol–water partition coefficient (Wildman–Crippen LogP) is 1.26. The van der Waals surface area contributed by atoms with Gasteiger partial charge in [-0.1, -0.05) is 12.1 Å². The van der Waals surface area contributed by atoms with E-state index in [1.54, 1.807) is 13.4 Å². The van der Waals surface area contributed by atoms with Gasteiger partial charge in [0.2, 0.25) is 0 Å². The number of rotatable bonds is 6. The monoisotopic (exact) mass is 316 g/mol. The molecule has 0 spiro atoms. The van der Waals surface area contributed by atoms with E-state index in [2.05, 4.69) is 25.8 Å². The normalized spacial score (nSPS) is 12.8. The molecule has 2 N–H and O–H groups in total. The number of aryl methyl sites for hydroxylation is 2. The van der Waals surface area contributed by atoms with E-state index in [4.69, 9.17) is 4.74 Å². The van der Waals surface area contributed by atoms with Crippen molar-refractivity contribution in [2.24, 2.45) is 12.0 Å². The molecule has 7 nitrogen and oxygen atoms in total. The second-order valence-electron chi connectivity index (χ2n) is 5.41. The molecule has 2 aromatic rings. The molecule has 7 heteroatoms. The Hall–Kier alpha value is -2.57. The Bertz CT molecular complexity index is 652. The molecule has 1 unspecified atom stereocenters. The van der Waals surface area contributed by atoms with E-state index in [-0.39, 0.29) is 6.10 Å². The molecule has 124 valence electrons. The van der Waals surface area contributed by atoms with Crippen molar-refractivity contribution in [1.82, 2.24) is 25.4 Å². The maximum absolute atomic E-state index is 5.89. The van der Waals surface area contributed by atoms with Crippen molar-refractivity contribution in [2.75, 3.05) is 13.6 Å². The molecule has 0 aliphatic heterocycles. The number of nitrogens with zero attached hydrogens (tertiary/aromatic N) is 4. The number of aliphatic imine (C=N–C) groups is 1. The molecule has 1 aromatic heterocycles. The predicted molar refractivity (Wildman–Crippen MR) is 90.5 cm³/mol. The summed E-state index contributed by atoms with van der Waals surface area (Å²) >= 11 is 0. The van der Waals surface area contributed by atoms with Gasteiger partial charge in [-0.2, -0.15) is 0 Å². The van der Waals surface area contributed by atoms with Gasteiger partial charge in [-0.05, 0) is 31.5 Å². The summed E-state index contributed by atoms with van der Waals surface area (Å²) < 4.78 is 7.75. The number of ether oxygens (including phenoxy) is 1. The third kappa shape index (κ3) is 5.28. The van der Waals surface area contributed by atoms with Crippen molar-refractivity contribution in [2.45, 2.75) is 26.5 Å². The summed E-state index contributed by atoms with van der Waals surface area (Å²) in [6.07, 6.45) is 1.69. The van der Waals surface area contributed by atoms with Gasteiger partial charge in [-0.25, -0.2) is 0 Å². The Balaban J connectivity index is 1.77. The molecule has 0 bridgehead atoms. The van der Waals surface area contributed by atoms with Crippen molar-refractivity contribution in [1.29, 1.82) is 0 Å². The fourth-order valence-corrected chi connectivity index (χ4v) is 2.05. The molecule has 0 saturated heterocycles. The van der Waals surface area contributed by atoms with Crippen LogP contribution in [0, 0.1) is 6.92 Å². The Morgan fingerprint density at radius 2 is 2.22 bits per heavy atom. The molecule has 0 saturated carbocycles. The zero-order valence-corrected chi connectivity index (χ0v) is 14.1. The Labute approximate surface area is 136 Å². The first kappa shape index (κ1) is 16.8. The lowest BCUT2D eigenvalue weighted by atomic mass is 10.2. The summed E-state index contributed by atoms with van der Waals surface area (Å²) in [5.74, 6) is 2.42. The minimum absolute atomic E-state index is 0.0187. The van der Waals surface area contributed by atoms with Crippen LogP contribution in [0.2, 0.25) is 0 Å². The molecule has 0 amide bonds. The number of guanidine groups is 1. The fourth-order valence-electron chi connectivity index (χ4n) is 2.05. The van der Waals surface area contributed by atoms with Crippen LogP contribution in [-0.4, -0.2) is 40.4 Å². The molecule has 0 aliphatic carbocycles. The molecule has 1 heterocycles. The highest BCUT2D eigenvalue weighted by Gasteiger charge is 2.07. The molecule has 2 rings (SSSR count). The lowest BCUT2D eigenvalue weighted by Gasteiger charge is -2.18. The zero-order valence-electron chi connectivity index (χ0n) is 14.1. The van der Waals surface area contributed by atoms with Gasteiger partial charge in [0.1, 0.15) is 18.2 Å². The second kappa shape index (κ2) is 8.17. The lowest BCUT2D eigenvalue weighted by Crippen LogP contribution is -2.41. The zero-order chi connectivity index (χ0) is 16.7. The Morgan fingerprint density at radius 1 is 1.39 bits per heavy atom. The van der Waals surface area contributed by atoms with Crippen LogP contribution in [0.1, 0.15) is 18.3 Å². The molecular formula is C16H24N6O. The first-order valence-electron chi connectivity index (χ1n) is 7.59. The lowest BCUT2D eigenvalue weighted by molar-refractivity contribution is 0.223. The summed E-state index contributed by atoms with van der Waals surface area (Å²) in [7, 11) is 3.64. The van der Waals surface area contributed by atoms with Crippen molar-refractivity contribution in [3.63, 3.8) is 0 Å². The topological polar surface area (TPSA) is 76.4 Å². The first-order valence-corrected chi connectivity index (χ1v) is 7.59. The highest BCUT2D eigenvalue weighted by Crippen LogP contribution is 2.13. The minimum atomic E-state index is 0.0187. The van der Waals surface area contributed by atoms with E-state index in [9.17, 15) is 0 Å². The molecule has 23 heavy (non-hydrogen) atoms. The summed E-state index contributed by atoms with van der Waals surface area (Å²) in [5.41, 5.74) is 1.18. The number of hydrogen-bond acceptors (Lipinski definition) is 4. The van der Waals surface area contributed by atoms with Crippen molar-refractivity contribution in [3.05, 3.63) is 42.0 Å². The van der Waals surface area contributed by atoms with Crippen molar-refractivity contribution in [3.8, 4) is 5.75 Å². The summed E-state index contributed by atoms with van der Waals surface area (Å²) in [6, 6.07) is 8.03. The molecule has 0 radical (unpaired) electrons. The van der Waals surface area contributed by atoms with Crippen molar-refractivity contribution < 1.29 is 4.74 Å². The highest BCUT2D eigenvalue weighted by molar-refractivity contribution is 5.79. The summed E-state index contributed by atoms with van der Waals surface area (Å²) in [5, 5.41) is 14.3. The minimum Gasteiger partial charge on any atom is -0.489 e. The molecule has 1 aromatic carbocycles. The van der Waals surface area contributed by atoms with E-state index in [0.717, 1.165) is 11.6 Å². The standard InChI is InChI=1S/C16H24N6O/c1-12-6-5-7-14(8-12)23-13(2)9-18-16(17-3)19-10-15-21-20-11-22(15)4/h5-8,11,13H,9-10H2,1-4H3,(H2,17,18,19). The Kier molecular flexibility index (Phi) is 5.96. The fraction of sp³-hybridized carbons (Fsp3) is 0.438. The van der Waals surface area contributed by atoms with Gasteiger partial charge in [-0.15, -0.1) is 10.2 Å². The molecular weight excluding hydrogens is 292 g/mol. The summed E-state index contributed by atoms with van der Waals surface area (Å²) in [6.45, 7) is 5.27. The third-order valence-corrected chi connectivity index (χ3v) is 3.33. The van der Waals surface area contributed by atoms with Gasteiger partial charge in [0.05, 0.1) is 13.1 Å². The largest absolute Gasteiger partial charge is 0.489 e. The van der Waals surface area contributed by atoms with Crippen LogP contribution in [-0.2, 0) is 13.6 Å². The third-order valence-electron chi connectivity index (χ3n) is 3.33. The second-order valence-corrected chi connectivity index (χ2v) is 5.41. The molecule has 1 atom stereocenters. The van der Waals surface area contributed by atoms with Gasteiger partial charge in [-0.3, -0.25) is 4.99 Å². The van der Waals surface area contributed by atoms with Gasteiger partial charge in [0, 0.05) is 14.1 Å². The number of aromatic nitrogens is 3. The van der Waals surface area contributed by atoms with Crippen LogP contribution in [0.25, 0.3) is 0 Å². The van der Waals surface area contributed by atoms with Gasteiger partial charge in [0.25, 0.3) is 0 Å². The van der Waals surface area contributed by atoms with E-state index in [0.29, 0.717) is 19.0 Å². The average Bonchev–Trinajstić information content (AvgIpc) is 2.93. The first-order chi connectivity index (χ1) is 11.1. The van der Waals surface area contributed by atoms with E-state index in [1.807, 2.05) is 49.7 Å². The summed E-state index contributed by atoms with van der Waals surface area (Å²) in [4.78, 5) is 4.19. The van der Waals surface area contributed by atoms with E-state index in [1.165, 1.54) is 5.56 Å². The number of hydrogen-bond donors (Lipinski definition) is 2. The number of benzene rings is 1. The van der Waals surface area contributed by atoms with Gasteiger partial charge < -0.3 is 19.9 Å². The van der Waals surface area contributed by atoms with Crippen LogP contribution in [0.3, 0.4) is 0 Å². The van der Waals surface area contributed by atoms with Gasteiger partial charge in [0.15, 0.2) is 11.8 Å². The van der Waals surface area contributed by atoms with Crippen LogP contribution in [0.15, 0.2) is 35.6 Å².